The van der Waals surface area contributed by atoms with E-state index < -0.39 is 0 Å². The van der Waals surface area contributed by atoms with E-state index in [-0.39, 0.29) is 5.41 Å². The molecule has 0 aliphatic rings. The van der Waals surface area contributed by atoms with Crippen molar-refractivity contribution in [2.75, 3.05) is 70.7 Å². The largest absolute Gasteiger partial charge is 0.493 e. The number of hydrogen-bond donors (Lipinski definition) is 2. The fourth-order valence-corrected chi connectivity index (χ4v) is 9.07. The molecule has 2 nitrogen and oxygen atoms in total. The molecular formula is C33H52O2S6. The zero-order chi connectivity index (χ0) is 30.1. The van der Waals surface area contributed by atoms with Gasteiger partial charge in [-0.15, -0.1) is 0 Å². The maximum absolute atomic E-state index is 6.27. The number of hydrogen-bond acceptors (Lipinski definition) is 8. The van der Waals surface area contributed by atoms with E-state index in [9.17, 15) is 0 Å². The van der Waals surface area contributed by atoms with E-state index in [0.717, 1.165) is 72.1 Å². The second kappa shape index (κ2) is 21.0. The lowest BCUT2D eigenvalue weighted by Gasteiger charge is -2.29. The summed E-state index contributed by atoms with van der Waals surface area (Å²) in [5.74, 6) is 13.5. The first-order chi connectivity index (χ1) is 19.7. The number of aryl methyl sites for hydroxylation is 4. The summed E-state index contributed by atoms with van der Waals surface area (Å²) in [4.78, 5) is 0. The number of rotatable bonds is 22. The van der Waals surface area contributed by atoms with Crippen LogP contribution in [0, 0.1) is 27.7 Å². The molecule has 0 fully saturated rings. The van der Waals surface area contributed by atoms with E-state index in [2.05, 4.69) is 91.1 Å². The number of thiol groups is 2. The molecule has 0 aromatic heterocycles. The second-order valence-electron chi connectivity index (χ2n) is 10.8. The maximum atomic E-state index is 6.27. The Morgan fingerprint density at radius 1 is 0.537 bits per heavy atom. The minimum Gasteiger partial charge on any atom is -0.493 e. The molecule has 0 aliphatic carbocycles. The molecule has 0 bridgehead atoms. The Morgan fingerprint density at radius 2 is 0.854 bits per heavy atom. The smallest absolute Gasteiger partial charge is 0.125 e. The fraction of sp³-hybridized carbons (Fsp3) is 0.636. The average Bonchev–Trinajstić information content (AvgIpc) is 2.93. The quantitative estimate of drug-likeness (QED) is 0.0952. The van der Waals surface area contributed by atoms with Crippen LogP contribution in [0.4, 0.5) is 0 Å². The Balaban J connectivity index is 1.91. The Bertz CT molecular complexity index is 901. The molecule has 41 heavy (non-hydrogen) atoms. The van der Waals surface area contributed by atoms with Crippen LogP contribution >= 0.6 is 72.3 Å². The van der Waals surface area contributed by atoms with Gasteiger partial charge in [0.1, 0.15) is 11.5 Å². The molecule has 0 radical (unpaired) electrons. The van der Waals surface area contributed by atoms with Gasteiger partial charge in [0.05, 0.1) is 13.2 Å². The van der Waals surface area contributed by atoms with Gasteiger partial charge in [-0.1, -0.05) is 38.1 Å². The van der Waals surface area contributed by atoms with E-state index in [4.69, 9.17) is 9.47 Å². The number of ether oxygens (including phenoxy) is 2. The molecule has 8 heteroatoms. The summed E-state index contributed by atoms with van der Waals surface area (Å²) < 4.78 is 12.5. The van der Waals surface area contributed by atoms with Crippen molar-refractivity contribution in [1.82, 2.24) is 0 Å². The molecule has 0 aliphatic heterocycles. The van der Waals surface area contributed by atoms with Crippen molar-refractivity contribution in [3.8, 4) is 11.5 Å². The van der Waals surface area contributed by atoms with Crippen LogP contribution in [0.15, 0.2) is 24.3 Å². The van der Waals surface area contributed by atoms with Crippen LogP contribution in [0.3, 0.4) is 0 Å². The molecule has 2 aromatic rings. The molecule has 0 atom stereocenters. The van der Waals surface area contributed by atoms with E-state index >= 15 is 0 Å². The maximum Gasteiger partial charge on any atom is 0.125 e. The first-order valence-electron chi connectivity index (χ1n) is 14.7. The van der Waals surface area contributed by atoms with Gasteiger partial charge in [-0.2, -0.15) is 72.3 Å². The van der Waals surface area contributed by atoms with Crippen LogP contribution in [-0.4, -0.2) is 70.7 Å². The summed E-state index contributed by atoms with van der Waals surface area (Å²) >= 11 is 16.6. The molecule has 2 aromatic carbocycles. The Hall–Kier alpha value is 0.140. The van der Waals surface area contributed by atoms with E-state index in [1.54, 1.807) is 0 Å². The van der Waals surface area contributed by atoms with Crippen molar-refractivity contribution in [2.45, 2.75) is 59.8 Å². The lowest BCUT2D eigenvalue weighted by Crippen LogP contribution is -2.20. The van der Waals surface area contributed by atoms with E-state index in [0.29, 0.717) is 0 Å². The van der Waals surface area contributed by atoms with Crippen LogP contribution in [0.25, 0.3) is 0 Å². The average molecular weight is 673 g/mol. The van der Waals surface area contributed by atoms with Gasteiger partial charge in [0.2, 0.25) is 0 Å². The van der Waals surface area contributed by atoms with Gasteiger partial charge in [-0.3, -0.25) is 0 Å². The van der Waals surface area contributed by atoms with Gasteiger partial charge in [-0.25, -0.2) is 0 Å². The second-order valence-corrected chi connectivity index (χ2v) is 16.6. The zero-order valence-corrected chi connectivity index (χ0v) is 31.1. The molecule has 0 heterocycles. The highest BCUT2D eigenvalue weighted by atomic mass is 32.2. The van der Waals surface area contributed by atoms with Gasteiger partial charge < -0.3 is 9.47 Å². The minimum atomic E-state index is -0.120. The monoisotopic (exact) mass is 672 g/mol. The minimum absolute atomic E-state index is 0.120. The molecule has 0 saturated carbocycles. The van der Waals surface area contributed by atoms with Crippen molar-refractivity contribution in [3.63, 3.8) is 0 Å². The SMILES string of the molecule is Cc1cc(C(C)(C)c2cc(C)c(OCCCSCCSCCS)c(C)c2)cc(C)c1OCCCSCCSCCS. The van der Waals surface area contributed by atoms with Crippen LogP contribution in [0.1, 0.15) is 60.1 Å². The summed E-state index contributed by atoms with van der Waals surface area (Å²) in [5, 5.41) is 0. The third-order valence-electron chi connectivity index (χ3n) is 6.94. The Kier molecular flexibility index (Phi) is 19.1. The Labute approximate surface area is 279 Å². The molecular weight excluding hydrogens is 621 g/mol. The molecule has 0 spiro atoms. The molecule has 2 rings (SSSR count). The molecule has 0 amide bonds. The topological polar surface area (TPSA) is 18.5 Å². The number of thioether (sulfide) groups is 4. The normalized spacial score (nSPS) is 11.7. The fourth-order valence-electron chi connectivity index (χ4n) is 4.69. The predicted octanol–water partition coefficient (Wildman–Crippen LogP) is 9.58. The van der Waals surface area contributed by atoms with E-state index in [1.807, 2.05) is 47.0 Å². The van der Waals surface area contributed by atoms with Crippen LogP contribution in [0.5, 0.6) is 11.5 Å². The molecule has 0 saturated heterocycles. The van der Waals surface area contributed by atoms with Crippen molar-refractivity contribution in [2.24, 2.45) is 0 Å². The lowest BCUT2D eigenvalue weighted by atomic mass is 9.76. The van der Waals surface area contributed by atoms with Crippen molar-refractivity contribution >= 4 is 72.3 Å². The summed E-state index contributed by atoms with van der Waals surface area (Å²) in [6.45, 7) is 14.9. The highest BCUT2D eigenvalue weighted by molar-refractivity contribution is 8.03. The third kappa shape index (κ3) is 13.3. The standard InChI is InChI=1S/C33H52O2S6/c1-25-21-29(22-26(2)31(25)34-9-7-13-38-17-19-40-15-11-36)33(5,6)30-23-27(3)32(28(4)24-30)35-10-8-14-39-18-20-41-16-12-37/h21-24,36-37H,7-20H2,1-6H3. The van der Waals surface area contributed by atoms with Crippen LogP contribution in [0.2, 0.25) is 0 Å². The highest BCUT2D eigenvalue weighted by Crippen LogP contribution is 2.38. The van der Waals surface area contributed by atoms with Gasteiger partial charge in [0.15, 0.2) is 0 Å². The molecule has 232 valence electrons. The number of benzene rings is 2. The van der Waals surface area contributed by atoms with Gasteiger partial charge in [0, 0.05) is 39.9 Å². The van der Waals surface area contributed by atoms with Gasteiger partial charge in [-0.05, 0) is 96.9 Å². The van der Waals surface area contributed by atoms with Crippen molar-refractivity contribution in [1.29, 1.82) is 0 Å². The van der Waals surface area contributed by atoms with Crippen LogP contribution in [-0.2, 0) is 5.41 Å². The van der Waals surface area contributed by atoms with Crippen molar-refractivity contribution in [3.05, 3.63) is 57.6 Å². The summed E-state index contributed by atoms with van der Waals surface area (Å²) in [6, 6.07) is 9.28. The summed E-state index contributed by atoms with van der Waals surface area (Å²) in [7, 11) is 0. The molecule has 0 unspecified atom stereocenters. The zero-order valence-electron chi connectivity index (χ0n) is 26.1. The summed E-state index contributed by atoms with van der Waals surface area (Å²) in [5.41, 5.74) is 7.40. The summed E-state index contributed by atoms with van der Waals surface area (Å²) in [6.07, 6.45) is 2.16. The molecule has 0 N–H and O–H groups in total. The van der Waals surface area contributed by atoms with E-state index in [1.165, 1.54) is 56.4 Å². The van der Waals surface area contributed by atoms with Gasteiger partial charge >= 0.3 is 0 Å². The first-order valence-corrected chi connectivity index (χ1v) is 20.6. The first kappa shape index (κ1) is 37.3. The predicted molar refractivity (Wildman–Crippen MR) is 201 cm³/mol. The Morgan fingerprint density at radius 3 is 1.17 bits per heavy atom. The highest BCUT2D eigenvalue weighted by Gasteiger charge is 2.26. The lowest BCUT2D eigenvalue weighted by molar-refractivity contribution is 0.314. The van der Waals surface area contributed by atoms with Crippen LogP contribution < -0.4 is 9.47 Å². The third-order valence-corrected chi connectivity index (χ3v) is 12.6. The van der Waals surface area contributed by atoms with Gasteiger partial charge in [0.25, 0.3) is 0 Å². The van der Waals surface area contributed by atoms with Crippen molar-refractivity contribution < 1.29 is 9.47 Å².